The molecule has 10 heteroatoms. The van der Waals surface area contributed by atoms with Gasteiger partial charge in [0.25, 0.3) is 10.0 Å². The van der Waals surface area contributed by atoms with Gasteiger partial charge >= 0.3 is 0 Å². The van der Waals surface area contributed by atoms with E-state index in [1.807, 2.05) is 26.0 Å². The Morgan fingerprint density at radius 2 is 1.80 bits per heavy atom. The summed E-state index contributed by atoms with van der Waals surface area (Å²) in [6.45, 7) is 6.84. The zero-order valence-corrected chi connectivity index (χ0v) is 18.1. The van der Waals surface area contributed by atoms with Crippen molar-refractivity contribution in [3.8, 4) is 6.07 Å². The van der Waals surface area contributed by atoms with Gasteiger partial charge in [-0.05, 0) is 37.6 Å². The van der Waals surface area contributed by atoms with E-state index in [1.165, 1.54) is 13.0 Å². The molecule has 1 aliphatic rings. The number of benzene rings is 1. The van der Waals surface area contributed by atoms with Crippen molar-refractivity contribution in [2.24, 2.45) is 5.92 Å². The predicted molar refractivity (Wildman–Crippen MR) is 113 cm³/mol. The lowest BCUT2D eigenvalue weighted by Gasteiger charge is -2.39. The van der Waals surface area contributed by atoms with Crippen LogP contribution in [-0.2, 0) is 14.8 Å². The molecule has 4 N–H and O–H groups in total. The second kappa shape index (κ2) is 10.3. The molecule has 0 radical (unpaired) electrons. The monoisotopic (exact) mass is 439 g/mol. The van der Waals surface area contributed by atoms with Crippen LogP contribution in [0.1, 0.15) is 26.3 Å². The molecule has 0 aliphatic carbocycles. The third-order valence-corrected chi connectivity index (χ3v) is 6.56. The molecule has 9 nitrogen and oxygen atoms in total. The summed E-state index contributed by atoms with van der Waals surface area (Å²) in [5, 5.41) is 39.1. The standard InChI is InChI=1S/C20H29N3O6S/c1-4-23(5-2)15-8-6-14(7-9-15)10-16(11-21)30(27,28)22-12-17-19(25)18(24)13(3)20(26)29-17/h6-10,13,17-20,22,24-26H,4-5,12H2,1-3H3/b16-10+/t13-,17-,18-,19-,20?/m1/s1. The van der Waals surface area contributed by atoms with Gasteiger partial charge in [-0.25, -0.2) is 13.1 Å². The molecular weight excluding hydrogens is 410 g/mol. The predicted octanol–water partition coefficient (Wildman–Crippen LogP) is 0.392. The maximum absolute atomic E-state index is 12.5. The van der Waals surface area contributed by atoms with E-state index in [9.17, 15) is 29.0 Å². The molecule has 1 aromatic rings. The molecule has 1 aliphatic heterocycles. The van der Waals surface area contributed by atoms with Crippen molar-refractivity contribution in [3.05, 3.63) is 34.7 Å². The molecular formula is C20H29N3O6S. The Kier molecular flexibility index (Phi) is 8.37. The summed E-state index contributed by atoms with van der Waals surface area (Å²) in [4.78, 5) is 1.63. The van der Waals surface area contributed by atoms with Crippen molar-refractivity contribution in [2.45, 2.75) is 45.4 Å². The smallest absolute Gasteiger partial charge is 0.250 e. The van der Waals surface area contributed by atoms with Gasteiger partial charge in [-0.15, -0.1) is 0 Å². The average molecular weight is 440 g/mol. The lowest BCUT2D eigenvalue weighted by molar-refractivity contribution is -0.257. The van der Waals surface area contributed by atoms with Crippen LogP contribution in [0.5, 0.6) is 0 Å². The van der Waals surface area contributed by atoms with Crippen LogP contribution in [0.4, 0.5) is 5.69 Å². The number of rotatable bonds is 8. The summed E-state index contributed by atoms with van der Waals surface area (Å²) in [6, 6.07) is 8.82. The first-order valence-electron chi connectivity index (χ1n) is 9.80. The Morgan fingerprint density at radius 3 is 2.33 bits per heavy atom. The van der Waals surface area contributed by atoms with Gasteiger partial charge in [0.15, 0.2) is 11.2 Å². The average Bonchev–Trinajstić information content (AvgIpc) is 2.73. The van der Waals surface area contributed by atoms with E-state index in [0.29, 0.717) is 5.56 Å². The maximum atomic E-state index is 12.5. The van der Waals surface area contributed by atoms with Crippen LogP contribution in [0.3, 0.4) is 0 Å². The summed E-state index contributed by atoms with van der Waals surface area (Å²) in [6.07, 6.45) is -3.90. The Balaban J connectivity index is 2.12. The summed E-state index contributed by atoms with van der Waals surface area (Å²) in [5.41, 5.74) is 1.54. The lowest BCUT2D eigenvalue weighted by atomic mass is 9.92. The number of hydrogen-bond donors (Lipinski definition) is 4. The van der Waals surface area contributed by atoms with Crippen molar-refractivity contribution < 1.29 is 28.5 Å². The highest BCUT2D eigenvalue weighted by Gasteiger charge is 2.41. The topological polar surface area (TPSA) is 143 Å². The molecule has 0 bridgehead atoms. The Morgan fingerprint density at radius 1 is 1.20 bits per heavy atom. The highest BCUT2D eigenvalue weighted by molar-refractivity contribution is 7.93. The number of nitriles is 1. The van der Waals surface area contributed by atoms with E-state index in [0.717, 1.165) is 18.8 Å². The van der Waals surface area contributed by atoms with Gasteiger partial charge in [0.2, 0.25) is 0 Å². The number of aliphatic hydroxyl groups excluding tert-OH is 3. The number of anilines is 1. The van der Waals surface area contributed by atoms with Crippen LogP contribution in [0.15, 0.2) is 29.2 Å². The fraction of sp³-hybridized carbons (Fsp3) is 0.550. The van der Waals surface area contributed by atoms with Gasteiger partial charge in [-0.1, -0.05) is 19.1 Å². The lowest BCUT2D eigenvalue weighted by Crippen LogP contribution is -2.56. The molecule has 2 rings (SSSR count). The van der Waals surface area contributed by atoms with Crippen LogP contribution in [0.2, 0.25) is 0 Å². The molecule has 30 heavy (non-hydrogen) atoms. The second-order valence-electron chi connectivity index (χ2n) is 7.14. The van der Waals surface area contributed by atoms with E-state index < -0.39 is 52.0 Å². The van der Waals surface area contributed by atoms with Crippen LogP contribution in [0.25, 0.3) is 6.08 Å². The van der Waals surface area contributed by atoms with Crippen molar-refractivity contribution in [3.63, 3.8) is 0 Å². The third kappa shape index (κ3) is 5.57. The van der Waals surface area contributed by atoms with Gasteiger partial charge in [0.1, 0.15) is 18.3 Å². The number of nitrogens with one attached hydrogen (secondary N) is 1. The summed E-state index contributed by atoms with van der Waals surface area (Å²) < 4.78 is 32.5. The number of allylic oxidation sites excluding steroid dienone is 1. The van der Waals surface area contributed by atoms with E-state index in [-0.39, 0.29) is 0 Å². The van der Waals surface area contributed by atoms with Gasteiger partial charge in [-0.3, -0.25) is 0 Å². The molecule has 0 spiro atoms. The summed E-state index contributed by atoms with van der Waals surface area (Å²) in [7, 11) is -4.19. The van der Waals surface area contributed by atoms with Crippen molar-refractivity contribution in [2.75, 3.05) is 24.5 Å². The first-order valence-corrected chi connectivity index (χ1v) is 11.3. The number of aliphatic hydroxyl groups is 3. The highest BCUT2D eigenvalue weighted by atomic mass is 32.2. The number of ether oxygens (including phenoxy) is 1. The first-order chi connectivity index (χ1) is 14.1. The Labute approximate surface area is 177 Å². The minimum atomic E-state index is -4.19. The third-order valence-electron chi connectivity index (χ3n) is 5.23. The minimum Gasteiger partial charge on any atom is -0.390 e. The Bertz CT molecular complexity index is 877. The molecule has 1 fully saturated rings. The second-order valence-corrected chi connectivity index (χ2v) is 8.88. The van der Waals surface area contributed by atoms with E-state index in [2.05, 4.69) is 9.62 Å². The quantitative estimate of drug-likeness (QED) is 0.426. The van der Waals surface area contributed by atoms with Crippen molar-refractivity contribution in [1.29, 1.82) is 5.26 Å². The molecule has 0 amide bonds. The van der Waals surface area contributed by atoms with Gasteiger partial charge < -0.3 is 25.0 Å². The molecule has 0 saturated carbocycles. The summed E-state index contributed by atoms with van der Waals surface area (Å²) in [5.74, 6) is -0.721. The molecule has 1 heterocycles. The van der Waals surface area contributed by atoms with E-state index in [4.69, 9.17) is 4.74 Å². The molecule has 1 saturated heterocycles. The number of sulfonamides is 1. The molecule has 1 unspecified atom stereocenters. The number of hydrogen-bond acceptors (Lipinski definition) is 8. The first kappa shape index (κ1) is 24.3. The molecule has 166 valence electrons. The molecule has 1 aromatic carbocycles. The molecule has 5 atom stereocenters. The van der Waals surface area contributed by atoms with Gasteiger partial charge in [0.05, 0.1) is 6.10 Å². The van der Waals surface area contributed by atoms with E-state index in [1.54, 1.807) is 18.2 Å². The SMILES string of the molecule is CCN(CC)c1ccc(/C=C(\C#N)S(=O)(=O)NC[C@H]2OC(O)[C@H](C)[C@@H](O)[C@@H]2O)cc1. The van der Waals surface area contributed by atoms with Gasteiger partial charge in [-0.2, -0.15) is 5.26 Å². The van der Waals surface area contributed by atoms with Crippen LogP contribution >= 0.6 is 0 Å². The van der Waals surface area contributed by atoms with Crippen LogP contribution < -0.4 is 9.62 Å². The zero-order valence-electron chi connectivity index (χ0n) is 17.3. The maximum Gasteiger partial charge on any atom is 0.250 e. The number of nitrogens with zero attached hydrogens (tertiary/aromatic N) is 2. The minimum absolute atomic E-state index is 0.412. The zero-order chi connectivity index (χ0) is 22.5. The normalized spacial score (nSPS) is 27.5. The molecule has 0 aromatic heterocycles. The fourth-order valence-electron chi connectivity index (χ4n) is 3.21. The van der Waals surface area contributed by atoms with Gasteiger partial charge in [0, 0.05) is 31.2 Å². The van der Waals surface area contributed by atoms with Crippen molar-refractivity contribution >= 4 is 21.8 Å². The Hall–Kier alpha value is -2.00. The largest absolute Gasteiger partial charge is 0.390 e. The van der Waals surface area contributed by atoms with E-state index >= 15 is 0 Å². The van der Waals surface area contributed by atoms with Crippen LogP contribution in [-0.4, -0.2) is 68.0 Å². The van der Waals surface area contributed by atoms with Crippen LogP contribution in [0, 0.1) is 17.2 Å². The summed E-state index contributed by atoms with van der Waals surface area (Å²) >= 11 is 0. The van der Waals surface area contributed by atoms with Crippen molar-refractivity contribution in [1.82, 2.24) is 4.72 Å². The fourth-order valence-corrected chi connectivity index (χ4v) is 4.16. The highest BCUT2D eigenvalue weighted by Crippen LogP contribution is 2.24.